The topological polar surface area (TPSA) is 74.0 Å². The summed E-state index contributed by atoms with van der Waals surface area (Å²) in [5, 5.41) is 6.86. The van der Waals surface area contributed by atoms with Crippen molar-refractivity contribution in [3.8, 4) is 0 Å². The first-order valence-electron chi connectivity index (χ1n) is 9.51. The molecule has 0 aliphatic carbocycles. The summed E-state index contributed by atoms with van der Waals surface area (Å²) >= 11 is 0. The number of hydrogen-bond acceptors (Lipinski definition) is 2. The third-order valence-electron chi connectivity index (χ3n) is 5.07. The number of aromatic amines is 1. The van der Waals surface area contributed by atoms with E-state index in [4.69, 9.17) is 0 Å². The van der Waals surface area contributed by atoms with Crippen molar-refractivity contribution in [2.75, 3.05) is 0 Å². The largest absolute Gasteiger partial charge is 0.361 e. The summed E-state index contributed by atoms with van der Waals surface area (Å²) in [6, 6.07) is 11.6. The number of nitrogens with one attached hydrogen (secondary N) is 3. The SMILES string of the molecule is CC(=O)NC(Cc1c[nH]c2ccccc12)C(=O)NCc1c(C)cc(C)cc1C. The Bertz CT molecular complexity index is 997. The molecule has 0 fully saturated rings. The molecule has 5 nitrogen and oxygen atoms in total. The molecule has 1 aromatic heterocycles. The lowest BCUT2D eigenvalue weighted by atomic mass is 9.99. The molecule has 28 heavy (non-hydrogen) atoms. The minimum Gasteiger partial charge on any atom is -0.361 e. The fourth-order valence-corrected chi connectivity index (χ4v) is 3.76. The third-order valence-corrected chi connectivity index (χ3v) is 5.07. The van der Waals surface area contributed by atoms with Crippen LogP contribution < -0.4 is 10.6 Å². The van der Waals surface area contributed by atoms with E-state index in [1.54, 1.807) is 0 Å². The first-order chi connectivity index (χ1) is 13.3. The Kier molecular flexibility index (Phi) is 5.83. The van der Waals surface area contributed by atoms with Gasteiger partial charge in [0, 0.05) is 37.0 Å². The van der Waals surface area contributed by atoms with E-state index < -0.39 is 6.04 Å². The van der Waals surface area contributed by atoms with E-state index in [0.717, 1.165) is 33.2 Å². The van der Waals surface area contributed by atoms with Gasteiger partial charge >= 0.3 is 0 Å². The van der Waals surface area contributed by atoms with E-state index in [1.807, 2.05) is 30.5 Å². The molecule has 0 radical (unpaired) electrons. The molecule has 2 amide bonds. The molecule has 3 aromatic rings. The monoisotopic (exact) mass is 377 g/mol. The molecule has 0 aliphatic heterocycles. The van der Waals surface area contributed by atoms with Gasteiger partial charge in [0.25, 0.3) is 0 Å². The smallest absolute Gasteiger partial charge is 0.243 e. The first-order valence-corrected chi connectivity index (χ1v) is 9.51. The summed E-state index contributed by atoms with van der Waals surface area (Å²) in [5.74, 6) is -0.400. The highest BCUT2D eigenvalue weighted by atomic mass is 16.2. The summed E-state index contributed by atoms with van der Waals surface area (Å²) < 4.78 is 0. The predicted octanol–water partition coefficient (Wildman–Crippen LogP) is 3.46. The normalized spacial score (nSPS) is 12.0. The predicted molar refractivity (Wildman–Crippen MR) is 112 cm³/mol. The number of hydrogen-bond donors (Lipinski definition) is 3. The second kappa shape index (κ2) is 8.30. The van der Waals surface area contributed by atoms with Crippen molar-refractivity contribution in [3.63, 3.8) is 0 Å². The van der Waals surface area contributed by atoms with Crippen LogP contribution in [0.5, 0.6) is 0 Å². The van der Waals surface area contributed by atoms with Crippen LogP contribution in [0.1, 0.15) is 34.7 Å². The van der Waals surface area contributed by atoms with Gasteiger partial charge in [-0.15, -0.1) is 0 Å². The number of amides is 2. The van der Waals surface area contributed by atoms with E-state index in [2.05, 4.69) is 48.5 Å². The van der Waals surface area contributed by atoms with Crippen molar-refractivity contribution in [2.24, 2.45) is 0 Å². The van der Waals surface area contributed by atoms with E-state index in [9.17, 15) is 9.59 Å². The number of aromatic nitrogens is 1. The summed E-state index contributed by atoms with van der Waals surface area (Å²) in [4.78, 5) is 27.8. The van der Waals surface area contributed by atoms with Crippen LogP contribution in [0.4, 0.5) is 0 Å². The number of carbonyl (C=O) groups excluding carboxylic acids is 2. The molecule has 1 atom stereocenters. The molecule has 0 aliphatic rings. The lowest BCUT2D eigenvalue weighted by molar-refractivity contribution is -0.128. The lowest BCUT2D eigenvalue weighted by Crippen LogP contribution is -2.47. The summed E-state index contributed by atoms with van der Waals surface area (Å²) in [6.45, 7) is 8.05. The van der Waals surface area contributed by atoms with Crippen LogP contribution in [0.2, 0.25) is 0 Å². The van der Waals surface area contributed by atoms with Crippen molar-refractivity contribution < 1.29 is 9.59 Å². The van der Waals surface area contributed by atoms with Gasteiger partial charge in [-0.3, -0.25) is 9.59 Å². The van der Waals surface area contributed by atoms with Crippen molar-refractivity contribution in [1.29, 1.82) is 0 Å². The van der Waals surface area contributed by atoms with Crippen molar-refractivity contribution in [1.82, 2.24) is 15.6 Å². The molecule has 2 aromatic carbocycles. The molecular formula is C23H27N3O2. The zero-order valence-corrected chi connectivity index (χ0v) is 16.8. The Morgan fingerprint density at radius 1 is 1.07 bits per heavy atom. The number of benzene rings is 2. The van der Waals surface area contributed by atoms with Gasteiger partial charge in [0.15, 0.2) is 0 Å². The second-order valence-electron chi connectivity index (χ2n) is 7.41. The van der Waals surface area contributed by atoms with E-state index in [1.165, 1.54) is 12.5 Å². The highest BCUT2D eigenvalue weighted by molar-refractivity contribution is 5.89. The quantitative estimate of drug-likeness (QED) is 0.615. The van der Waals surface area contributed by atoms with Crippen LogP contribution in [0, 0.1) is 20.8 Å². The van der Waals surface area contributed by atoms with Gasteiger partial charge in [-0.25, -0.2) is 0 Å². The molecule has 1 heterocycles. The molecule has 0 spiro atoms. The van der Waals surface area contributed by atoms with E-state index in [-0.39, 0.29) is 11.8 Å². The maximum atomic E-state index is 12.9. The fraction of sp³-hybridized carbons (Fsp3) is 0.304. The van der Waals surface area contributed by atoms with Gasteiger partial charge in [0.05, 0.1) is 0 Å². The molecule has 0 saturated heterocycles. The minimum atomic E-state index is -0.622. The Labute approximate surface area is 165 Å². The second-order valence-corrected chi connectivity index (χ2v) is 7.41. The minimum absolute atomic E-state index is 0.181. The zero-order valence-electron chi connectivity index (χ0n) is 16.8. The Morgan fingerprint density at radius 2 is 1.75 bits per heavy atom. The van der Waals surface area contributed by atoms with Gasteiger partial charge in [0.2, 0.25) is 11.8 Å². The molecule has 5 heteroatoms. The molecule has 3 rings (SSSR count). The average Bonchev–Trinajstić information content (AvgIpc) is 3.03. The Balaban J connectivity index is 1.76. The fourth-order valence-electron chi connectivity index (χ4n) is 3.76. The molecule has 0 saturated carbocycles. The van der Waals surface area contributed by atoms with Crippen molar-refractivity contribution >= 4 is 22.7 Å². The highest BCUT2D eigenvalue weighted by Crippen LogP contribution is 2.20. The van der Waals surface area contributed by atoms with Crippen LogP contribution >= 0.6 is 0 Å². The number of para-hydroxylation sites is 1. The highest BCUT2D eigenvalue weighted by Gasteiger charge is 2.21. The van der Waals surface area contributed by atoms with Crippen LogP contribution in [0.15, 0.2) is 42.6 Å². The summed E-state index contributed by atoms with van der Waals surface area (Å²) in [7, 11) is 0. The molecule has 0 bridgehead atoms. The summed E-state index contributed by atoms with van der Waals surface area (Å²) in [5.41, 5.74) is 6.67. The van der Waals surface area contributed by atoms with Crippen LogP contribution in [0.3, 0.4) is 0 Å². The molecule has 3 N–H and O–H groups in total. The average molecular weight is 377 g/mol. The Hall–Kier alpha value is -3.08. The molecule has 1 unspecified atom stereocenters. The van der Waals surface area contributed by atoms with Gasteiger partial charge in [-0.05, 0) is 49.1 Å². The van der Waals surface area contributed by atoms with Crippen LogP contribution in [-0.2, 0) is 22.6 Å². The maximum Gasteiger partial charge on any atom is 0.243 e. The summed E-state index contributed by atoms with van der Waals surface area (Å²) in [6.07, 6.45) is 2.34. The number of rotatable bonds is 6. The van der Waals surface area contributed by atoms with E-state index >= 15 is 0 Å². The lowest BCUT2D eigenvalue weighted by Gasteiger charge is -2.19. The zero-order chi connectivity index (χ0) is 20.3. The van der Waals surface area contributed by atoms with Gasteiger partial charge in [-0.1, -0.05) is 35.9 Å². The number of H-pyrrole nitrogens is 1. The standard InChI is InChI=1S/C23H27N3O2/c1-14-9-15(2)20(16(3)10-14)13-25-23(28)22(26-17(4)27)11-18-12-24-21-8-6-5-7-19(18)21/h5-10,12,22,24H,11,13H2,1-4H3,(H,25,28)(H,26,27). The first kappa shape index (κ1) is 19.7. The van der Waals surface area contributed by atoms with Gasteiger partial charge in [0.1, 0.15) is 6.04 Å². The van der Waals surface area contributed by atoms with Crippen LogP contribution in [0.25, 0.3) is 10.9 Å². The van der Waals surface area contributed by atoms with Crippen molar-refractivity contribution in [2.45, 2.75) is 46.7 Å². The van der Waals surface area contributed by atoms with Crippen LogP contribution in [-0.4, -0.2) is 22.8 Å². The Morgan fingerprint density at radius 3 is 2.43 bits per heavy atom. The van der Waals surface area contributed by atoms with E-state index in [0.29, 0.717) is 13.0 Å². The maximum absolute atomic E-state index is 12.9. The van der Waals surface area contributed by atoms with Gasteiger partial charge in [-0.2, -0.15) is 0 Å². The number of carbonyl (C=O) groups is 2. The number of aryl methyl sites for hydroxylation is 3. The molecule has 146 valence electrons. The van der Waals surface area contributed by atoms with Crippen molar-refractivity contribution in [3.05, 3.63) is 70.4 Å². The van der Waals surface area contributed by atoms with Gasteiger partial charge < -0.3 is 15.6 Å². The molecular weight excluding hydrogens is 350 g/mol. The third kappa shape index (κ3) is 4.42. The number of fused-ring (bicyclic) bond motifs is 1.